The number of rotatable bonds is 4. The third-order valence-corrected chi connectivity index (χ3v) is 5.03. The number of hydrogen-bond acceptors (Lipinski definition) is 6. The minimum Gasteiger partial charge on any atom is -0.453 e. The van der Waals surface area contributed by atoms with Gasteiger partial charge in [0, 0.05) is 25.2 Å². The zero-order valence-electron chi connectivity index (χ0n) is 14.7. The molecule has 3 aliphatic rings. The molecular weight excluding hydrogens is 364 g/mol. The summed E-state index contributed by atoms with van der Waals surface area (Å²) in [5.41, 5.74) is 0.00479. The first-order chi connectivity index (χ1) is 12.9. The summed E-state index contributed by atoms with van der Waals surface area (Å²) in [4.78, 5) is 25.9. The number of cyclic esters (lactones) is 1. The lowest BCUT2D eigenvalue weighted by molar-refractivity contribution is -0.127. The fourth-order valence-electron chi connectivity index (χ4n) is 3.61. The smallest absolute Gasteiger partial charge is 0.414 e. The molecule has 0 radical (unpaired) electrons. The molecular formula is C17H19F2N3O5. The number of benzene rings is 1. The van der Waals surface area contributed by atoms with Gasteiger partial charge in [-0.15, -0.1) is 0 Å². The Balaban J connectivity index is 1.45. The average Bonchev–Trinajstić information content (AvgIpc) is 2.93. The second-order valence-corrected chi connectivity index (χ2v) is 7.10. The van der Waals surface area contributed by atoms with Crippen LogP contribution in [-0.4, -0.2) is 64.8 Å². The maximum atomic E-state index is 14.6. The number of halogens is 2. The largest absolute Gasteiger partial charge is 0.453 e. The molecule has 0 bridgehead atoms. The number of methoxy groups -OCH3 is 1. The molecule has 0 aliphatic carbocycles. The number of carbonyl (C=O) groups excluding carboxylic acids is 2. The average molecular weight is 383 g/mol. The number of carbonyl (C=O) groups is 2. The SMILES string of the molecule is COC(=O)NC[C@H]1CN(c2cc(F)c(N3CC4(COC4)C3)c(F)c2)C(=O)O1. The molecule has 10 heteroatoms. The molecule has 2 amide bonds. The van der Waals surface area contributed by atoms with Crippen molar-refractivity contribution in [1.82, 2.24) is 5.32 Å². The van der Waals surface area contributed by atoms with Gasteiger partial charge in [0.25, 0.3) is 0 Å². The van der Waals surface area contributed by atoms with Crippen molar-refractivity contribution in [2.75, 3.05) is 56.3 Å². The van der Waals surface area contributed by atoms with E-state index in [1.807, 2.05) is 0 Å². The van der Waals surface area contributed by atoms with Crippen LogP contribution in [0.1, 0.15) is 0 Å². The Bertz CT molecular complexity index is 755. The Morgan fingerprint density at radius 1 is 1.33 bits per heavy atom. The Morgan fingerprint density at radius 3 is 2.56 bits per heavy atom. The fraction of sp³-hybridized carbons (Fsp3) is 0.529. The van der Waals surface area contributed by atoms with Gasteiger partial charge in [-0.3, -0.25) is 4.90 Å². The van der Waals surface area contributed by atoms with Crippen molar-refractivity contribution in [3.8, 4) is 0 Å². The van der Waals surface area contributed by atoms with Crippen LogP contribution in [-0.2, 0) is 14.2 Å². The van der Waals surface area contributed by atoms with Gasteiger partial charge in [0.2, 0.25) is 0 Å². The first kappa shape index (κ1) is 17.8. The first-order valence-corrected chi connectivity index (χ1v) is 8.52. The van der Waals surface area contributed by atoms with E-state index in [0.29, 0.717) is 26.3 Å². The molecule has 0 saturated carbocycles. The van der Waals surface area contributed by atoms with Gasteiger partial charge in [-0.2, -0.15) is 0 Å². The van der Waals surface area contributed by atoms with Crippen LogP contribution in [0.15, 0.2) is 12.1 Å². The van der Waals surface area contributed by atoms with E-state index in [0.717, 1.165) is 17.0 Å². The van der Waals surface area contributed by atoms with Crippen molar-refractivity contribution in [2.45, 2.75) is 6.10 Å². The highest BCUT2D eigenvalue weighted by atomic mass is 19.1. The highest BCUT2D eigenvalue weighted by Crippen LogP contribution is 2.42. The normalized spacial score (nSPS) is 22.9. The number of hydrogen-bond donors (Lipinski definition) is 1. The van der Waals surface area contributed by atoms with Crippen molar-refractivity contribution in [2.24, 2.45) is 5.41 Å². The maximum Gasteiger partial charge on any atom is 0.414 e. The lowest BCUT2D eigenvalue weighted by Gasteiger charge is -2.56. The van der Waals surface area contributed by atoms with Gasteiger partial charge < -0.3 is 24.4 Å². The third kappa shape index (κ3) is 3.14. The number of nitrogens with zero attached hydrogens (tertiary/aromatic N) is 2. The Hall–Kier alpha value is -2.62. The van der Waals surface area contributed by atoms with E-state index in [2.05, 4.69) is 10.1 Å². The molecule has 1 N–H and O–H groups in total. The monoisotopic (exact) mass is 383 g/mol. The number of alkyl carbamates (subject to hydrolysis) is 1. The van der Waals surface area contributed by atoms with Crippen molar-refractivity contribution >= 4 is 23.6 Å². The predicted molar refractivity (Wildman–Crippen MR) is 89.8 cm³/mol. The third-order valence-electron chi connectivity index (χ3n) is 5.03. The van der Waals surface area contributed by atoms with Crippen LogP contribution in [0.4, 0.5) is 29.7 Å². The molecule has 0 aromatic heterocycles. The highest BCUT2D eigenvalue weighted by Gasteiger charge is 2.50. The Morgan fingerprint density at radius 2 is 2.00 bits per heavy atom. The molecule has 4 rings (SSSR count). The molecule has 1 aromatic rings. The van der Waals surface area contributed by atoms with Crippen LogP contribution in [0.3, 0.4) is 0 Å². The Kier molecular flexibility index (Phi) is 4.29. The summed E-state index contributed by atoms with van der Waals surface area (Å²) in [6.07, 6.45) is -2.03. The van der Waals surface area contributed by atoms with E-state index < -0.39 is 29.9 Å². The van der Waals surface area contributed by atoms with E-state index in [4.69, 9.17) is 9.47 Å². The lowest BCUT2D eigenvalue weighted by Crippen LogP contribution is -2.66. The molecule has 1 atom stereocenters. The molecule has 3 heterocycles. The summed E-state index contributed by atoms with van der Waals surface area (Å²) >= 11 is 0. The summed E-state index contributed by atoms with van der Waals surface area (Å²) in [7, 11) is 1.22. The van der Waals surface area contributed by atoms with Crippen LogP contribution in [0.25, 0.3) is 0 Å². The van der Waals surface area contributed by atoms with E-state index >= 15 is 0 Å². The second-order valence-electron chi connectivity index (χ2n) is 7.10. The van der Waals surface area contributed by atoms with Gasteiger partial charge >= 0.3 is 12.2 Å². The Labute approximate surface area is 153 Å². The topological polar surface area (TPSA) is 80.3 Å². The van der Waals surface area contributed by atoms with Crippen LogP contribution in [0.2, 0.25) is 0 Å². The minimum absolute atomic E-state index is 0.0240. The number of amides is 2. The van der Waals surface area contributed by atoms with E-state index in [1.54, 1.807) is 4.90 Å². The fourth-order valence-corrected chi connectivity index (χ4v) is 3.61. The molecule has 3 fully saturated rings. The zero-order valence-corrected chi connectivity index (χ0v) is 14.7. The number of nitrogens with one attached hydrogen (secondary N) is 1. The van der Waals surface area contributed by atoms with Crippen LogP contribution in [0, 0.1) is 17.0 Å². The predicted octanol–water partition coefficient (Wildman–Crippen LogP) is 1.48. The minimum atomic E-state index is -0.732. The van der Waals surface area contributed by atoms with Crippen LogP contribution < -0.4 is 15.1 Å². The molecule has 1 aromatic carbocycles. The molecule has 3 saturated heterocycles. The number of anilines is 2. The van der Waals surface area contributed by atoms with E-state index in [1.165, 1.54) is 7.11 Å². The number of ether oxygens (including phenoxy) is 3. The molecule has 3 aliphatic heterocycles. The summed E-state index contributed by atoms with van der Waals surface area (Å²) < 4.78 is 43.9. The van der Waals surface area contributed by atoms with Gasteiger partial charge in [0.05, 0.1) is 44.5 Å². The van der Waals surface area contributed by atoms with Crippen LogP contribution in [0.5, 0.6) is 0 Å². The quantitative estimate of drug-likeness (QED) is 0.849. The lowest BCUT2D eigenvalue weighted by atomic mass is 9.77. The molecule has 0 unspecified atom stereocenters. The molecule has 146 valence electrons. The van der Waals surface area contributed by atoms with Gasteiger partial charge in [-0.05, 0) is 0 Å². The van der Waals surface area contributed by atoms with Crippen molar-refractivity contribution in [3.63, 3.8) is 0 Å². The maximum absolute atomic E-state index is 14.6. The standard InChI is InChI=1S/C17H19F2N3O5/c1-25-15(23)20-4-11-5-22(16(24)27-11)10-2-12(18)14(13(19)3-10)21-6-17(7-21)8-26-9-17/h2-3,11H,4-9H2,1H3,(H,20,23)/t11-/m0/s1. The van der Waals surface area contributed by atoms with Gasteiger partial charge in [-0.25, -0.2) is 18.4 Å². The van der Waals surface area contributed by atoms with E-state index in [-0.39, 0.29) is 29.9 Å². The van der Waals surface area contributed by atoms with Crippen molar-refractivity contribution < 1.29 is 32.6 Å². The van der Waals surface area contributed by atoms with Crippen molar-refractivity contribution in [3.05, 3.63) is 23.8 Å². The highest BCUT2D eigenvalue weighted by molar-refractivity contribution is 5.90. The van der Waals surface area contributed by atoms with Gasteiger partial charge in [-0.1, -0.05) is 0 Å². The van der Waals surface area contributed by atoms with Gasteiger partial charge in [0.15, 0.2) is 11.6 Å². The van der Waals surface area contributed by atoms with E-state index in [9.17, 15) is 18.4 Å². The summed E-state index contributed by atoms with van der Waals surface area (Å²) in [6.45, 7) is 2.43. The second kappa shape index (κ2) is 6.52. The van der Waals surface area contributed by atoms with Gasteiger partial charge in [0.1, 0.15) is 11.8 Å². The summed E-state index contributed by atoms with van der Waals surface area (Å²) in [5, 5.41) is 2.42. The first-order valence-electron chi connectivity index (χ1n) is 8.52. The van der Waals surface area contributed by atoms with Crippen molar-refractivity contribution in [1.29, 1.82) is 0 Å². The molecule has 8 nitrogen and oxygen atoms in total. The molecule has 1 spiro atoms. The van der Waals surface area contributed by atoms with Crippen LogP contribution >= 0.6 is 0 Å². The zero-order chi connectivity index (χ0) is 19.2. The molecule has 27 heavy (non-hydrogen) atoms. The summed E-state index contributed by atoms with van der Waals surface area (Å²) in [5.74, 6) is -1.46. The summed E-state index contributed by atoms with van der Waals surface area (Å²) in [6, 6.07) is 2.25.